The maximum atomic E-state index is 13.9. The van der Waals surface area contributed by atoms with Crippen molar-refractivity contribution in [1.82, 2.24) is 0 Å². The van der Waals surface area contributed by atoms with E-state index in [9.17, 15) is 9.18 Å². The summed E-state index contributed by atoms with van der Waals surface area (Å²) < 4.78 is 29.8. The van der Waals surface area contributed by atoms with E-state index < -0.39 is 24.0 Å². The number of halogens is 2. The maximum absolute atomic E-state index is 13.9. The Kier molecular flexibility index (Phi) is 7.01. The van der Waals surface area contributed by atoms with Gasteiger partial charge in [0, 0.05) is 18.2 Å². The highest BCUT2D eigenvalue weighted by Gasteiger charge is 2.30. The minimum Gasteiger partial charge on any atom is -0.478 e. The number of unbranched alkanes of at least 4 members (excludes halogenated alkanes) is 1. The largest absolute Gasteiger partial charge is 0.478 e. The smallest absolute Gasteiger partial charge is 0.346 e. The lowest BCUT2D eigenvalue weighted by molar-refractivity contribution is -0.147. The van der Waals surface area contributed by atoms with Crippen molar-refractivity contribution in [2.45, 2.75) is 38.9 Å². The number of rotatable bonds is 8. The van der Waals surface area contributed by atoms with Crippen molar-refractivity contribution in [3.63, 3.8) is 0 Å². The number of methoxy groups -OCH3 is 1. The Bertz CT molecular complexity index is 652. The zero-order valence-corrected chi connectivity index (χ0v) is 15.1. The molecule has 1 aliphatic rings. The number of hydrogen-bond donors (Lipinski definition) is 0. The third kappa shape index (κ3) is 4.83. The predicted molar refractivity (Wildman–Crippen MR) is 90.7 cm³/mol. The van der Waals surface area contributed by atoms with Crippen molar-refractivity contribution in [3.05, 3.63) is 28.5 Å². The molecule has 2 rings (SSSR count). The van der Waals surface area contributed by atoms with E-state index in [2.05, 4.69) is 16.8 Å². The molecule has 0 bridgehead atoms. The van der Waals surface area contributed by atoms with Crippen molar-refractivity contribution in [1.29, 1.82) is 0 Å². The SMILES string of the molecule is CCCCO[C@@H]1CON=C1c1cc(Cl)c(F)cc1O[C@@H](C)C(=O)OC. The number of esters is 1. The van der Waals surface area contributed by atoms with Crippen LogP contribution in [0, 0.1) is 5.82 Å². The summed E-state index contributed by atoms with van der Waals surface area (Å²) in [5.41, 5.74) is 0.867. The molecule has 1 aliphatic heterocycles. The first-order valence-electron chi connectivity index (χ1n) is 8.03. The molecule has 138 valence electrons. The number of carbonyl (C=O) groups excluding carboxylic acids is 1. The third-order valence-electron chi connectivity index (χ3n) is 3.65. The fraction of sp³-hybridized carbons (Fsp3) is 0.529. The van der Waals surface area contributed by atoms with Crippen LogP contribution in [0.3, 0.4) is 0 Å². The van der Waals surface area contributed by atoms with Gasteiger partial charge in [0.1, 0.15) is 30.0 Å². The van der Waals surface area contributed by atoms with Crippen LogP contribution in [-0.4, -0.2) is 44.2 Å². The summed E-state index contributed by atoms with van der Waals surface area (Å²) in [5, 5.41) is 3.90. The van der Waals surface area contributed by atoms with Crippen molar-refractivity contribution in [2.75, 3.05) is 20.3 Å². The minimum absolute atomic E-state index is 0.0880. The Morgan fingerprint density at radius 3 is 2.96 bits per heavy atom. The molecule has 8 heteroatoms. The summed E-state index contributed by atoms with van der Waals surface area (Å²) in [6, 6.07) is 2.50. The van der Waals surface area contributed by atoms with Gasteiger partial charge in [-0.1, -0.05) is 30.1 Å². The van der Waals surface area contributed by atoms with Crippen LogP contribution >= 0.6 is 11.6 Å². The van der Waals surface area contributed by atoms with E-state index in [1.54, 1.807) is 0 Å². The third-order valence-corrected chi connectivity index (χ3v) is 3.94. The summed E-state index contributed by atoms with van der Waals surface area (Å²) in [4.78, 5) is 16.7. The summed E-state index contributed by atoms with van der Waals surface area (Å²) >= 11 is 5.91. The highest BCUT2D eigenvalue weighted by atomic mass is 35.5. The van der Waals surface area contributed by atoms with Crippen molar-refractivity contribution in [2.24, 2.45) is 5.16 Å². The Morgan fingerprint density at radius 1 is 1.52 bits per heavy atom. The second kappa shape index (κ2) is 9.01. The van der Waals surface area contributed by atoms with E-state index in [0.29, 0.717) is 17.9 Å². The monoisotopic (exact) mass is 373 g/mol. The van der Waals surface area contributed by atoms with E-state index in [1.165, 1.54) is 20.1 Å². The second-order valence-electron chi connectivity index (χ2n) is 5.53. The van der Waals surface area contributed by atoms with Crippen LogP contribution in [0.1, 0.15) is 32.3 Å². The van der Waals surface area contributed by atoms with E-state index in [4.69, 9.17) is 25.9 Å². The van der Waals surface area contributed by atoms with Crippen molar-refractivity contribution < 1.29 is 28.2 Å². The topological polar surface area (TPSA) is 66.3 Å². The molecule has 1 heterocycles. The van der Waals surface area contributed by atoms with Crippen LogP contribution in [0.4, 0.5) is 4.39 Å². The summed E-state index contributed by atoms with van der Waals surface area (Å²) in [7, 11) is 1.25. The number of ether oxygens (including phenoxy) is 3. The first-order chi connectivity index (χ1) is 12.0. The summed E-state index contributed by atoms with van der Waals surface area (Å²) in [6.45, 7) is 4.36. The van der Waals surface area contributed by atoms with Gasteiger partial charge in [0.05, 0.1) is 12.1 Å². The van der Waals surface area contributed by atoms with Gasteiger partial charge in [-0.15, -0.1) is 0 Å². The van der Waals surface area contributed by atoms with Crippen LogP contribution in [0.2, 0.25) is 5.02 Å². The van der Waals surface area contributed by atoms with Gasteiger partial charge in [0.2, 0.25) is 0 Å². The average molecular weight is 374 g/mol. The zero-order chi connectivity index (χ0) is 18.4. The predicted octanol–water partition coefficient (Wildman–Crippen LogP) is 3.34. The van der Waals surface area contributed by atoms with Crippen LogP contribution in [0.15, 0.2) is 17.3 Å². The highest BCUT2D eigenvalue weighted by Crippen LogP contribution is 2.30. The molecular formula is C17H21ClFNO5. The van der Waals surface area contributed by atoms with Crippen LogP contribution in [0.25, 0.3) is 0 Å². The first-order valence-corrected chi connectivity index (χ1v) is 8.41. The number of carbonyl (C=O) groups is 1. The van der Waals surface area contributed by atoms with Gasteiger partial charge in [-0.3, -0.25) is 0 Å². The molecule has 0 aromatic heterocycles. The van der Waals surface area contributed by atoms with Crippen LogP contribution in [-0.2, 0) is 19.1 Å². The molecule has 0 spiro atoms. The summed E-state index contributed by atoms with van der Waals surface area (Å²) in [6.07, 6.45) is 0.556. The van der Waals surface area contributed by atoms with Gasteiger partial charge in [0.15, 0.2) is 6.10 Å². The molecule has 2 atom stereocenters. The molecule has 0 aliphatic carbocycles. The Balaban J connectivity index is 2.29. The van der Waals surface area contributed by atoms with Crippen LogP contribution in [0.5, 0.6) is 5.75 Å². The minimum atomic E-state index is -0.924. The molecule has 0 saturated heterocycles. The van der Waals surface area contributed by atoms with Gasteiger partial charge < -0.3 is 19.0 Å². The standard InChI is InChI=1S/C17H21ClFNO5/c1-4-5-6-23-15-9-24-20-16(15)11-7-12(18)13(19)8-14(11)25-10(2)17(21)22-3/h7-8,10,15H,4-6,9H2,1-3H3/t10-,15+/m0/s1. The van der Waals surface area contributed by atoms with Crippen molar-refractivity contribution in [3.8, 4) is 5.75 Å². The Morgan fingerprint density at radius 2 is 2.28 bits per heavy atom. The molecule has 1 aromatic carbocycles. The first kappa shape index (κ1) is 19.5. The molecule has 6 nitrogen and oxygen atoms in total. The molecule has 0 radical (unpaired) electrons. The van der Waals surface area contributed by atoms with E-state index in [1.807, 2.05) is 0 Å². The molecule has 0 N–H and O–H groups in total. The number of oxime groups is 1. The molecule has 1 aromatic rings. The molecule has 25 heavy (non-hydrogen) atoms. The normalized spacial score (nSPS) is 17.6. The number of hydrogen-bond acceptors (Lipinski definition) is 6. The van der Waals surface area contributed by atoms with Crippen LogP contribution < -0.4 is 4.74 Å². The quantitative estimate of drug-likeness (QED) is 0.516. The van der Waals surface area contributed by atoms with Crippen molar-refractivity contribution >= 4 is 23.3 Å². The fourth-order valence-corrected chi connectivity index (χ4v) is 2.43. The zero-order valence-electron chi connectivity index (χ0n) is 14.4. The fourth-order valence-electron chi connectivity index (χ4n) is 2.26. The molecule has 0 amide bonds. The van der Waals surface area contributed by atoms with Gasteiger partial charge in [-0.2, -0.15) is 0 Å². The Hall–Kier alpha value is -1.86. The van der Waals surface area contributed by atoms with E-state index in [-0.39, 0.29) is 17.4 Å². The second-order valence-corrected chi connectivity index (χ2v) is 5.94. The van der Waals surface area contributed by atoms with E-state index >= 15 is 0 Å². The summed E-state index contributed by atoms with van der Waals surface area (Å²) in [5.74, 6) is -1.13. The number of nitrogens with zero attached hydrogens (tertiary/aromatic N) is 1. The maximum Gasteiger partial charge on any atom is 0.346 e. The lowest BCUT2D eigenvalue weighted by Gasteiger charge is -2.18. The van der Waals surface area contributed by atoms with Gasteiger partial charge in [-0.05, 0) is 19.4 Å². The number of benzene rings is 1. The molecular weight excluding hydrogens is 353 g/mol. The Labute approximate surface area is 150 Å². The van der Waals surface area contributed by atoms with Gasteiger partial charge >= 0.3 is 5.97 Å². The molecule has 0 saturated carbocycles. The lowest BCUT2D eigenvalue weighted by Crippen LogP contribution is -2.28. The molecule has 0 fully saturated rings. The highest BCUT2D eigenvalue weighted by molar-refractivity contribution is 6.31. The van der Waals surface area contributed by atoms with Gasteiger partial charge in [-0.25, -0.2) is 9.18 Å². The average Bonchev–Trinajstić information content (AvgIpc) is 3.05. The van der Waals surface area contributed by atoms with Gasteiger partial charge in [0.25, 0.3) is 0 Å². The van der Waals surface area contributed by atoms with E-state index in [0.717, 1.165) is 18.9 Å². The lowest BCUT2D eigenvalue weighted by atomic mass is 10.0. The molecule has 0 unspecified atom stereocenters.